The Bertz CT molecular complexity index is 471. The third-order valence-corrected chi connectivity index (χ3v) is 5.25. The minimum absolute atomic E-state index is 0.269. The van der Waals surface area contributed by atoms with Crippen LogP contribution in [0.25, 0.3) is 0 Å². The van der Waals surface area contributed by atoms with Gasteiger partial charge in [-0.3, -0.25) is 0 Å². The Morgan fingerprint density at radius 2 is 1.86 bits per heavy atom. The molecule has 0 radical (unpaired) electrons. The molecule has 1 aromatic carbocycles. The molecule has 1 saturated heterocycles. The zero-order valence-corrected chi connectivity index (χ0v) is 13.5. The van der Waals surface area contributed by atoms with E-state index in [1.165, 1.54) is 25.3 Å². The Kier molecular flexibility index (Phi) is 4.41. The normalized spacial score (nSPS) is 29.7. The average Bonchev–Trinajstić information content (AvgIpc) is 2.36. The van der Waals surface area contributed by atoms with Crippen LogP contribution in [0.15, 0.2) is 18.2 Å². The first-order valence-electron chi connectivity index (χ1n) is 7.99. The lowest BCUT2D eigenvalue weighted by molar-refractivity contribution is 0.0518. The number of hydrogen-bond acceptors (Lipinski definition) is 2. The molecule has 2 aliphatic rings. The van der Waals surface area contributed by atoms with Crippen LogP contribution in [0, 0.1) is 17.7 Å². The molecule has 2 unspecified atom stereocenters. The maximum absolute atomic E-state index is 13.5. The Hall–Kier alpha value is -0.800. The van der Waals surface area contributed by atoms with Gasteiger partial charge >= 0.3 is 0 Å². The van der Waals surface area contributed by atoms with E-state index in [0.29, 0.717) is 28.9 Å². The predicted molar refractivity (Wildman–Crippen MR) is 86.4 cm³/mol. The molecule has 1 aliphatic carbocycles. The Morgan fingerprint density at radius 1 is 1.19 bits per heavy atom. The van der Waals surface area contributed by atoms with Gasteiger partial charge in [0.25, 0.3) is 0 Å². The lowest BCUT2D eigenvalue weighted by Gasteiger charge is -2.49. The largest absolute Gasteiger partial charge is 0.382 e. The molecule has 1 aromatic rings. The quantitative estimate of drug-likeness (QED) is 0.890. The zero-order chi connectivity index (χ0) is 15.0. The van der Waals surface area contributed by atoms with Crippen LogP contribution in [0.3, 0.4) is 0 Å². The molecular formula is C17H24ClFN2. The van der Waals surface area contributed by atoms with Crippen LogP contribution in [0.4, 0.5) is 10.1 Å². The minimum atomic E-state index is -0.269. The molecule has 0 aromatic heterocycles. The van der Waals surface area contributed by atoms with Gasteiger partial charge in [0.15, 0.2) is 0 Å². The Balaban J connectivity index is 1.76. The van der Waals surface area contributed by atoms with Crippen molar-refractivity contribution in [2.24, 2.45) is 11.8 Å². The standard InChI is InChI=1S/C17H24ClFN2/c1-11(2)21-9-12-4-3-5-13(10-21)17(12)20-16-7-14(18)6-15(19)8-16/h6-8,11-13,17,20H,3-5,9-10H2,1-2H3. The lowest BCUT2D eigenvalue weighted by atomic mass is 9.73. The van der Waals surface area contributed by atoms with Crippen molar-refractivity contribution in [3.63, 3.8) is 0 Å². The molecule has 1 saturated carbocycles. The van der Waals surface area contributed by atoms with Crippen molar-refractivity contribution in [3.05, 3.63) is 29.0 Å². The van der Waals surface area contributed by atoms with Gasteiger partial charge < -0.3 is 10.2 Å². The number of fused-ring (bicyclic) bond motifs is 2. The fourth-order valence-corrected chi connectivity index (χ4v) is 4.18. The molecule has 1 heterocycles. The second kappa shape index (κ2) is 6.13. The monoisotopic (exact) mass is 310 g/mol. The summed E-state index contributed by atoms with van der Waals surface area (Å²) < 4.78 is 13.5. The topological polar surface area (TPSA) is 15.3 Å². The second-order valence-electron chi connectivity index (χ2n) is 6.83. The number of nitrogens with one attached hydrogen (secondary N) is 1. The van der Waals surface area contributed by atoms with Crippen molar-refractivity contribution >= 4 is 17.3 Å². The van der Waals surface area contributed by atoms with Crippen molar-refractivity contribution in [2.75, 3.05) is 18.4 Å². The summed E-state index contributed by atoms with van der Waals surface area (Å²) in [6, 6.07) is 5.80. The number of halogens is 2. The van der Waals surface area contributed by atoms with Gasteiger partial charge in [-0.15, -0.1) is 0 Å². The summed E-state index contributed by atoms with van der Waals surface area (Å²) in [6.07, 6.45) is 3.85. The van der Waals surface area contributed by atoms with E-state index in [2.05, 4.69) is 24.1 Å². The van der Waals surface area contributed by atoms with Crippen LogP contribution in [0.5, 0.6) is 0 Å². The number of benzene rings is 1. The van der Waals surface area contributed by atoms with E-state index in [9.17, 15) is 4.39 Å². The molecule has 2 nitrogen and oxygen atoms in total. The highest BCUT2D eigenvalue weighted by molar-refractivity contribution is 6.30. The number of anilines is 1. The first-order chi connectivity index (χ1) is 10.0. The van der Waals surface area contributed by atoms with Crippen molar-refractivity contribution in [1.29, 1.82) is 0 Å². The van der Waals surface area contributed by atoms with Gasteiger partial charge in [-0.25, -0.2) is 4.39 Å². The van der Waals surface area contributed by atoms with E-state index >= 15 is 0 Å². The van der Waals surface area contributed by atoms with Gasteiger partial charge in [-0.1, -0.05) is 18.0 Å². The predicted octanol–water partition coefficient (Wildman–Crippen LogP) is 4.40. The summed E-state index contributed by atoms with van der Waals surface area (Å²) in [6.45, 7) is 6.84. The summed E-state index contributed by atoms with van der Waals surface area (Å²) in [4.78, 5) is 2.59. The molecule has 21 heavy (non-hydrogen) atoms. The smallest absolute Gasteiger partial charge is 0.126 e. The molecule has 0 amide bonds. The van der Waals surface area contributed by atoms with Gasteiger partial charge in [0.2, 0.25) is 0 Å². The minimum Gasteiger partial charge on any atom is -0.382 e. The fraction of sp³-hybridized carbons (Fsp3) is 0.647. The number of nitrogens with zero attached hydrogens (tertiary/aromatic N) is 1. The second-order valence-corrected chi connectivity index (χ2v) is 7.26. The SMILES string of the molecule is CC(C)N1CC2CCCC(C1)C2Nc1cc(F)cc(Cl)c1. The van der Waals surface area contributed by atoms with Crippen molar-refractivity contribution in [3.8, 4) is 0 Å². The third kappa shape index (κ3) is 3.35. The summed E-state index contributed by atoms with van der Waals surface area (Å²) >= 11 is 5.96. The molecule has 116 valence electrons. The molecule has 0 spiro atoms. The van der Waals surface area contributed by atoms with E-state index < -0.39 is 0 Å². The van der Waals surface area contributed by atoms with E-state index in [-0.39, 0.29) is 5.82 Å². The number of likely N-dealkylation sites (tertiary alicyclic amines) is 1. The van der Waals surface area contributed by atoms with Crippen molar-refractivity contribution in [1.82, 2.24) is 4.90 Å². The van der Waals surface area contributed by atoms with E-state index in [1.807, 2.05) is 6.07 Å². The lowest BCUT2D eigenvalue weighted by Crippen LogP contribution is -2.56. The zero-order valence-electron chi connectivity index (χ0n) is 12.8. The highest BCUT2D eigenvalue weighted by Crippen LogP contribution is 2.37. The molecule has 1 N–H and O–H groups in total. The maximum atomic E-state index is 13.5. The van der Waals surface area contributed by atoms with Crippen LogP contribution in [-0.4, -0.2) is 30.1 Å². The third-order valence-electron chi connectivity index (χ3n) is 5.03. The molecule has 2 atom stereocenters. The fourth-order valence-electron chi connectivity index (χ4n) is 3.96. The molecule has 2 bridgehead atoms. The average molecular weight is 311 g/mol. The van der Waals surface area contributed by atoms with Crippen molar-refractivity contribution < 1.29 is 4.39 Å². The number of piperidine rings is 1. The van der Waals surface area contributed by atoms with Crippen LogP contribution >= 0.6 is 11.6 Å². The molecule has 1 aliphatic heterocycles. The first-order valence-corrected chi connectivity index (χ1v) is 8.37. The highest BCUT2D eigenvalue weighted by atomic mass is 35.5. The maximum Gasteiger partial charge on any atom is 0.126 e. The van der Waals surface area contributed by atoms with E-state index in [0.717, 1.165) is 18.8 Å². The number of hydrogen-bond donors (Lipinski definition) is 1. The van der Waals surface area contributed by atoms with E-state index in [1.54, 1.807) is 6.07 Å². The Labute approximate surface area is 131 Å². The number of rotatable bonds is 3. The van der Waals surface area contributed by atoms with Crippen LogP contribution < -0.4 is 5.32 Å². The van der Waals surface area contributed by atoms with Gasteiger partial charge in [0, 0.05) is 35.9 Å². The van der Waals surface area contributed by atoms with Crippen LogP contribution in [0.1, 0.15) is 33.1 Å². The van der Waals surface area contributed by atoms with Gasteiger partial charge in [-0.2, -0.15) is 0 Å². The summed E-state index contributed by atoms with van der Waals surface area (Å²) in [5.41, 5.74) is 0.819. The molecular weight excluding hydrogens is 287 g/mol. The van der Waals surface area contributed by atoms with Gasteiger partial charge in [0.05, 0.1) is 0 Å². The van der Waals surface area contributed by atoms with Crippen LogP contribution in [0.2, 0.25) is 5.02 Å². The van der Waals surface area contributed by atoms with E-state index in [4.69, 9.17) is 11.6 Å². The molecule has 4 heteroatoms. The Morgan fingerprint density at radius 3 is 2.43 bits per heavy atom. The first kappa shape index (κ1) is 15.1. The van der Waals surface area contributed by atoms with Gasteiger partial charge in [0.1, 0.15) is 5.82 Å². The van der Waals surface area contributed by atoms with Gasteiger partial charge in [-0.05, 0) is 56.7 Å². The summed E-state index contributed by atoms with van der Waals surface area (Å²) in [5, 5.41) is 4.03. The van der Waals surface area contributed by atoms with Crippen molar-refractivity contribution in [2.45, 2.75) is 45.2 Å². The molecule has 3 rings (SSSR count). The van der Waals surface area contributed by atoms with Crippen LogP contribution in [-0.2, 0) is 0 Å². The highest BCUT2D eigenvalue weighted by Gasteiger charge is 2.39. The molecule has 2 fully saturated rings. The summed E-state index contributed by atoms with van der Waals surface area (Å²) in [5.74, 6) is 1.04. The summed E-state index contributed by atoms with van der Waals surface area (Å²) in [7, 11) is 0.